The van der Waals surface area contributed by atoms with Gasteiger partial charge in [0.25, 0.3) is 0 Å². The van der Waals surface area contributed by atoms with Gasteiger partial charge in [0, 0.05) is 0 Å². The van der Waals surface area contributed by atoms with E-state index in [2.05, 4.69) is 11.2 Å². The Balaban J connectivity index is -0.0000000202. The Morgan fingerprint density at radius 3 is 1.80 bits per heavy atom. The molecule has 0 amide bonds. The minimum Gasteiger partial charge on any atom is -0.484 e. The molecule has 1 nitrogen and oxygen atoms in total. The van der Waals surface area contributed by atoms with Crippen molar-refractivity contribution in [3.05, 3.63) is 79.0 Å². The molecule has 0 atom stereocenters. The first-order valence-corrected chi connectivity index (χ1v) is 3.07. The van der Waals surface area contributed by atoms with Gasteiger partial charge in [-0.15, -0.1) is 6.20 Å². The summed E-state index contributed by atoms with van der Waals surface area (Å²) >= 11 is 0. The minimum absolute atomic E-state index is 0. The number of H-pyrrole nitrogens is 1. The van der Waals surface area contributed by atoms with Gasteiger partial charge in [-0.05, 0) is 0 Å². The van der Waals surface area contributed by atoms with Crippen LogP contribution in [0.3, 0.4) is 0 Å². The van der Waals surface area contributed by atoms with E-state index in [1.807, 2.05) is 31.3 Å². The Morgan fingerprint density at radius 1 is 1.20 bits per heavy atom. The molecule has 1 rings (SSSR count). The van der Waals surface area contributed by atoms with E-state index in [1.165, 1.54) is 6.08 Å². The van der Waals surface area contributed by atoms with Gasteiger partial charge in [0.05, 0.1) is 0 Å². The SMILES string of the molecule is [CH-]=CC=CC.[CH3-].[CH3-].[CH3-].[CH3-].[Ru+6].[c-]1ccc[nH]1. The van der Waals surface area contributed by atoms with Crippen molar-refractivity contribution in [2.45, 2.75) is 6.92 Å². The maximum Gasteiger partial charge on any atom is 6.00 e. The van der Waals surface area contributed by atoms with Crippen molar-refractivity contribution in [1.29, 1.82) is 0 Å². The van der Waals surface area contributed by atoms with Gasteiger partial charge < -0.3 is 34.7 Å². The Morgan fingerprint density at radius 2 is 1.73 bits per heavy atom. The first kappa shape index (κ1) is 36.7. The van der Waals surface area contributed by atoms with Crippen LogP contribution in [0.1, 0.15) is 6.92 Å². The van der Waals surface area contributed by atoms with Crippen LogP contribution in [-0.4, -0.2) is 4.98 Å². The summed E-state index contributed by atoms with van der Waals surface area (Å²) in [6, 6.07) is 3.71. The number of hydrogen-bond donors (Lipinski definition) is 1. The third kappa shape index (κ3) is 42.6. The molecular weight excluding hydrogens is 271 g/mol. The Hall–Kier alpha value is -0.617. The molecule has 15 heavy (non-hydrogen) atoms. The maximum atomic E-state index is 4.93. The standard InChI is InChI=1S/C5H7.C4H4N.4CH3.Ru/c1-3-5-4-2;1-2-4-5-3-1;;;;;/h1,3-5H,2H3;1-3,5H;4*1H3;/q6*-1;+6. The summed E-state index contributed by atoms with van der Waals surface area (Å²) in [4.78, 5) is 2.74. The molecule has 0 saturated carbocycles. The van der Waals surface area contributed by atoms with Crippen LogP contribution in [0, 0.1) is 42.5 Å². The topological polar surface area (TPSA) is 15.8 Å². The number of aromatic amines is 1. The van der Waals surface area contributed by atoms with Gasteiger partial charge in [0.1, 0.15) is 0 Å². The second-order valence-electron chi connectivity index (χ2n) is 1.53. The third-order valence-electron chi connectivity index (χ3n) is 0.746. The molecule has 1 heterocycles. The monoisotopic (exact) mass is 295 g/mol. The maximum absolute atomic E-state index is 4.93. The van der Waals surface area contributed by atoms with Gasteiger partial charge in [-0.25, -0.2) is 12.2 Å². The van der Waals surface area contributed by atoms with E-state index in [4.69, 9.17) is 6.58 Å². The third-order valence-corrected chi connectivity index (χ3v) is 0.746. The fourth-order valence-corrected chi connectivity index (χ4v) is 0.352. The Kier molecular flexibility index (Phi) is 92.0. The number of nitrogens with one attached hydrogen (secondary N) is 1. The Labute approximate surface area is 110 Å². The van der Waals surface area contributed by atoms with Crippen LogP contribution in [0.4, 0.5) is 0 Å². The van der Waals surface area contributed by atoms with Crippen LogP contribution in [0.5, 0.6) is 0 Å². The van der Waals surface area contributed by atoms with Crippen LogP contribution in [0.25, 0.3) is 0 Å². The molecule has 0 fully saturated rings. The number of aromatic nitrogens is 1. The zero-order chi connectivity index (χ0) is 7.66. The number of rotatable bonds is 1. The molecule has 0 aromatic carbocycles. The van der Waals surface area contributed by atoms with Gasteiger partial charge >= 0.3 is 19.5 Å². The number of allylic oxidation sites excluding steroid dienone is 3. The summed E-state index contributed by atoms with van der Waals surface area (Å²) in [6.45, 7) is 6.85. The van der Waals surface area contributed by atoms with E-state index in [9.17, 15) is 0 Å². The predicted molar refractivity (Wildman–Crippen MR) is 69.0 cm³/mol. The molecule has 0 unspecified atom stereocenters. The summed E-state index contributed by atoms with van der Waals surface area (Å²) in [6.07, 6.45) is 9.71. The van der Waals surface area contributed by atoms with Crippen LogP contribution < -0.4 is 0 Å². The minimum atomic E-state index is 0. The molecule has 0 saturated heterocycles. The molecule has 0 bridgehead atoms. The average Bonchev–Trinajstić information content (AvgIpc) is 2.44. The van der Waals surface area contributed by atoms with Crippen molar-refractivity contribution in [2.24, 2.45) is 0 Å². The molecule has 1 N–H and O–H groups in total. The van der Waals surface area contributed by atoms with Crippen molar-refractivity contribution in [1.82, 2.24) is 4.98 Å². The van der Waals surface area contributed by atoms with Gasteiger partial charge in [-0.1, -0.05) is 6.92 Å². The van der Waals surface area contributed by atoms with Crippen molar-refractivity contribution >= 4 is 0 Å². The molecular formula is C13H23NRu. The smallest absolute Gasteiger partial charge is 0.484 e. The largest absolute Gasteiger partial charge is 6.00 e. The normalized spacial score (nSPS) is 5.67. The molecule has 1 aromatic heterocycles. The van der Waals surface area contributed by atoms with Gasteiger partial charge in [-0.2, -0.15) is 24.4 Å². The average molecular weight is 294 g/mol. The zero-order valence-corrected chi connectivity index (χ0v) is 12.1. The Bertz CT molecular complexity index is 149. The second-order valence-corrected chi connectivity index (χ2v) is 1.53. The summed E-state index contributed by atoms with van der Waals surface area (Å²) < 4.78 is 0. The number of hydrogen-bond acceptors (Lipinski definition) is 0. The molecule has 0 aliphatic carbocycles. The second kappa shape index (κ2) is 37.6. The van der Waals surface area contributed by atoms with E-state index in [0.29, 0.717) is 0 Å². The van der Waals surface area contributed by atoms with E-state index >= 15 is 0 Å². The molecule has 1 aromatic rings. The van der Waals surface area contributed by atoms with Gasteiger partial charge in [0.15, 0.2) is 0 Å². The quantitative estimate of drug-likeness (QED) is 0.455. The summed E-state index contributed by atoms with van der Waals surface area (Å²) in [5.74, 6) is 0. The van der Waals surface area contributed by atoms with Crippen LogP contribution in [-0.2, 0) is 19.5 Å². The molecule has 2 heteroatoms. The van der Waals surface area contributed by atoms with Crippen LogP contribution in [0.15, 0.2) is 36.6 Å². The predicted octanol–water partition coefficient (Wildman–Crippen LogP) is 4.17. The van der Waals surface area contributed by atoms with Crippen molar-refractivity contribution < 1.29 is 19.5 Å². The first-order chi connectivity index (χ1) is 4.91. The summed E-state index contributed by atoms with van der Waals surface area (Å²) in [5.41, 5.74) is 0. The van der Waals surface area contributed by atoms with Gasteiger partial charge in [0.2, 0.25) is 0 Å². The van der Waals surface area contributed by atoms with E-state index in [-0.39, 0.29) is 49.2 Å². The summed E-state index contributed by atoms with van der Waals surface area (Å²) in [7, 11) is 0. The van der Waals surface area contributed by atoms with E-state index in [0.717, 1.165) is 0 Å². The van der Waals surface area contributed by atoms with E-state index < -0.39 is 0 Å². The van der Waals surface area contributed by atoms with Crippen LogP contribution >= 0.6 is 0 Å². The molecule has 0 aliphatic heterocycles. The fourth-order valence-electron chi connectivity index (χ4n) is 0.352. The fraction of sp³-hybridized carbons (Fsp3) is 0.0769. The van der Waals surface area contributed by atoms with Crippen LogP contribution in [0.2, 0.25) is 0 Å². The summed E-state index contributed by atoms with van der Waals surface area (Å²) in [5, 5.41) is 0. The molecule has 0 aliphatic rings. The van der Waals surface area contributed by atoms with Gasteiger partial charge in [-0.3, -0.25) is 6.58 Å². The van der Waals surface area contributed by atoms with Crippen molar-refractivity contribution in [3.63, 3.8) is 0 Å². The molecule has 0 radical (unpaired) electrons. The zero-order valence-electron chi connectivity index (χ0n) is 10.4. The first-order valence-electron chi connectivity index (χ1n) is 3.07. The van der Waals surface area contributed by atoms with Crippen molar-refractivity contribution in [2.75, 3.05) is 0 Å². The molecule has 0 spiro atoms. The van der Waals surface area contributed by atoms with E-state index in [1.54, 1.807) is 6.08 Å². The van der Waals surface area contributed by atoms with Crippen molar-refractivity contribution in [3.8, 4) is 0 Å². The molecule has 88 valence electrons.